The number of carbonyl (C=O) groups excluding carboxylic acids is 13. The molecule has 1 unspecified atom stereocenters. The maximum absolute atomic E-state index is 13.4. The third-order valence-electron chi connectivity index (χ3n) is 12.2. The molecule has 4 aliphatic heterocycles. The van der Waals surface area contributed by atoms with Crippen LogP contribution in [0.15, 0.2) is 0 Å². The van der Waals surface area contributed by atoms with Crippen molar-refractivity contribution in [2.24, 2.45) is 0 Å². The Morgan fingerprint density at radius 3 is 0.800 bits per heavy atom. The van der Waals surface area contributed by atoms with Crippen LogP contribution in [0.2, 0.25) is 0 Å². The van der Waals surface area contributed by atoms with E-state index in [9.17, 15) is 62.3 Å². The van der Waals surface area contributed by atoms with Gasteiger partial charge in [-0.05, 0) is 0 Å². The summed E-state index contributed by atoms with van der Waals surface area (Å²) in [6.45, 7) is 8.53. The number of ether oxygens (including phenoxy) is 21. The molecule has 0 aromatic heterocycles. The summed E-state index contributed by atoms with van der Waals surface area (Å²) in [6, 6.07) is 0. The Labute approximate surface area is 526 Å². The second-order valence-electron chi connectivity index (χ2n) is 19.8. The average molecular weight is 1360 g/mol. The number of hydrogen-bond acceptors (Lipinski definition) is 35. The smallest absolute Gasteiger partial charge is 0.303 e. The van der Waals surface area contributed by atoms with Crippen LogP contribution in [0.4, 0.5) is 0 Å². The van der Waals surface area contributed by atoms with Gasteiger partial charge in [0.2, 0.25) is 18.3 Å². The third-order valence-corrected chi connectivity index (χ3v) is 12.8. The lowest BCUT2D eigenvalue weighted by Crippen LogP contribution is -2.69. The lowest BCUT2D eigenvalue weighted by atomic mass is 9.95. The van der Waals surface area contributed by atoms with Gasteiger partial charge in [-0.3, -0.25) is 67.7 Å². The molecule has 0 amide bonds. The zero-order valence-corrected chi connectivity index (χ0v) is 52.7. The summed E-state index contributed by atoms with van der Waals surface area (Å²) in [5.74, 6) is -14.9. The Morgan fingerprint density at radius 2 is 0.511 bits per heavy atom. The lowest BCUT2D eigenvalue weighted by Gasteiger charge is -2.50. The van der Waals surface area contributed by atoms with E-state index in [1.54, 1.807) is 0 Å². The first-order valence-electron chi connectivity index (χ1n) is 26.9. The van der Waals surface area contributed by atoms with Gasteiger partial charge in [-0.2, -0.15) is 0 Å². The molecule has 0 aromatic rings. The molecule has 4 heterocycles. The lowest BCUT2D eigenvalue weighted by molar-refractivity contribution is -0.380. The quantitative estimate of drug-likeness (QED) is 0.0438. The SMILES string of the molecule is CC(=O)OC[C@@H]1O[C@@H](OC[C@@H]2O[C@@H](O[C@H]3[C@H](OC(C)=O)[C@@H](OC(C)=O)[C@@H](O[C@H]4[C@H](OC(C)=O)[C@@H](OC(C)=O)C(OC(=N)C(Cl)(Cl)Cl)O[C@@H]4COC(C)=O)O[C@@H]3COC(C)=O)[C@@H](OC(C)=O)[C@H](OC(C)=O)[C@H]2OC(C)=O)[C@@H](OC(C)=O)[C@H](OC(C)=O)[C@H]1OC(C)=O. The van der Waals surface area contributed by atoms with Gasteiger partial charge in [-0.15, -0.1) is 0 Å². The fraction of sp³-hybridized carbons (Fsp3) is 0.731. The van der Waals surface area contributed by atoms with E-state index >= 15 is 0 Å². The third kappa shape index (κ3) is 22.8. The number of esters is 13. The molecular weight excluding hydrogens is 1290 g/mol. The summed E-state index contributed by atoms with van der Waals surface area (Å²) in [7, 11) is 0. The first-order chi connectivity index (χ1) is 41.9. The van der Waals surface area contributed by atoms with E-state index in [0.717, 1.165) is 90.0 Å². The monoisotopic (exact) mass is 1360 g/mol. The molecule has 506 valence electrons. The number of carbonyl (C=O) groups is 13. The standard InChI is InChI=1S/C52H68Cl3NO34/c1-18(57)70-14-31-35(74-21(4)60)39(76-23(6)62)43(80-27(10)66)47(84-31)73-17-34-36(75-22(5)61)40(77-24(7)63)44(81-28(11)67)48(86-34)88-37-32(15-71-19(2)58)85-49(45(82-29(12)68)41(37)78-25(8)64)89-38-33(16-72-20(3)59)87-50(90-51(56)52(53,54)55)46(83-30(13)69)42(38)79-26(9)65/h31-50,56H,14-17H2,1-13H3/t31-,32+,33+,34-,35-,36-,37+,38+,39+,40+,41-,42-,43-,44-,45+,46+,47+,48-,49+,50?/m0/s1. The van der Waals surface area contributed by atoms with E-state index in [4.69, 9.17) is 140 Å². The van der Waals surface area contributed by atoms with Crippen LogP contribution in [0.1, 0.15) is 90.0 Å². The Morgan fingerprint density at radius 1 is 0.289 bits per heavy atom. The first kappa shape index (κ1) is 75.6. The molecule has 4 saturated heterocycles. The fourth-order valence-electron chi connectivity index (χ4n) is 9.35. The molecule has 4 rings (SSSR count). The van der Waals surface area contributed by atoms with Crippen molar-refractivity contribution in [1.29, 1.82) is 5.41 Å². The predicted molar refractivity (Wildman–Crippen MR) is 285 cm³/mol. The Balaban J connectivity index is 1.98. The Bertz CT molecular complexity index is 2650. The number of halogens is 3. The van der Waals surface area contributed by atoms with Crippen molar-refractivity contribution in [2.45, 2.75) is 217 Å². The van der Waals surface area contributed by atoms with Crippen molar-refractivity contribution in [3.8, 4) is 0 Å². The van der Waals surface area contributed by atoms with Gasteiger partial charge in [0.25, 0.3) is 3.79 Å². The second kappa shape index (κ2) is 34.0. The van der Waals surface area contributed by atoms with Gasteiger partial charge in [-0.25, -0.2) is 0 Å². The minimum atomic E-state index is -2.59. The second-order valence-corrected chi connectivity index (χ2v) is 22.1. The normalized spacial score (nSPS) is 31.4. The first-order valence-corrected chi connectivity index (χ1v) is 28.0. The van der Waals surface area contributed by atoms with E-state index < -0.39 is 237 Å². The number of hydrogen-bond donors (Lipinski definition) is 1. The van der Waals surface area contributed by atoms with Crippen LogP contribution >= 0.6 is 34.8 Å². The van der Waals surface area contributed by atoms with Crippen LogP contribution in [-0.4, -0.2) is 237 Å². The summed E-state index contributed by atoms with van der Waals surface area (Å²) in [6.07, 6.45) is -39.3. The van der Waals surface area contributed by atoms with Crippen molar-refractivity contribution in [2.75, 3.05) is 26.4 Å². The Hall–Kier alpha value is -6.83. The zero-order chi connectivity index (χ0) is 67.8. The Kier molecular flexibility index (Phi) is 28.6. The van der Waals surface area contributed by atoms with Crippen LogP contribution in [0.3, 0.4) is 0 Å². The van der Waals surface area contributed by atoms with Crippen molar-refractivity contribution in [1.82, 2.24) is 0 Å². The molecule has 20 atom stereocenters. The van der Waals surface area contributed by atoms with Crippen LogP contribution in [-0.2, 0) is 162 Å². The molecule has 0 aromatic carbocycles. The summed E-state index contributed by atoms with van der Waals surface area (Å²) in [4.78, 5) is 166. The minimum Gasteiger partial charge on any atom is -0.463 e. The van der Waals surface area contributed by atoms with E-state index in [0.29, 0.717) is 0 Å². The maximum Gasteiger partial charge on any atom is 0.303 e. The maximum atomic E-state index is 13.4. The summed E-state index contributed by atoms with van der Waals surface area (Å²) < 4.78 is 119. The van der Waals surface area contributed by atoms with Gasteiger partial charge in [0.1, 0.15) is 56.4 Å². The van der Waals surface area contributed by atoms with E-state index in [1.807, 2.05) is 0 Å². The topological polar surface area (TPSA) is 440 Å². The number of rotatable bonds is 24. The highest BCUT2D eigenvalue weighted by molar-refractivity contribution is 6.76. The molecule has 90 heavy (non-hydrogen) atoms. The van der Waals surface area contributed by atoms with E-state index in [2.05, 4.69) is 0 Å². The largest absolute Gasteiger partial charge is 0.463 e. The van der Waals surface area contributed by atoms with Gasteiger partial charge in [0.05, 0.1) is 6.61 Å². The van der Waals surface area contributed by atoms with Gasteiger partial charge in [0, 0.05) is 90.0 Å². The average Bonchev–Trinajstić information content (AvgIpc) is 0.802. The number of nitrogens with one attached hydrogen (secondary N) is 1. The molecule has 0 aliphatic carbocycles. The molecular formula is C52H68Cl3NO34. The summed E-state index contributed by atoms with van der Waals surface area (Å²) >= 11 is 17.7. The molecule has 4 fully saturated rings. The van der Waals surface area contributed by atoms with Crippen LogP contribution < -0.4 is 0 Å². The highest BCUT2D eigenvalue weighted by Crippen LogP contribution is 2.40. The number of alkyl halides is 3. The summed E-state index contributed by atoms with van der Waals surface area (Å²) in [5.41, 5.74) is 0. The molecule has 0 spiro atoms. The van der Waals surface area contributed by atoms with Crippen molar-refractivity contribution < 1.29 is 162 Å². The van der Waals surface area contributed by atoms with Crippen molar-refractivity contribution >= 4 is 118 Å². The predicted octanol–water partition coefficient (Wildman–Crippen LogP) is 0.0434. The highest BCUT2D eigenvalue weighted by Gasteiger charge is 2.61. The van der Waals surface area contributed by atoms with Gasteiger partial charge in [-0.1, -0.05) is 34.8 Å². The van der Waals surface area contributed by atoms with Gasteiger partial charge >= 0.3 is 77.6 Å². The molecule has 35 nitrogen and oxygen atoms in total. The van der Waals surface area contributed by atoms with Crippen LogP contribution in [0.25, 0.3) is 0 Å². The molecule has 38 heteroatoms. The van der Waals surface area contributed by atoms with Crippen molar-refractivity contribution in [3.63, 3.8) is 0 Å². The van der Waals surface area contributed by atoms with Crippen molar-refractivity contribution in [3.05, 3.63) is 0 Å². The summed E-state index contributed by atoms with van der Waals surface area (Å²) in [5, 5.41) is 8.26. The van der Waals surface area contributed by atoms with Crippen LogP contribution in [0.5, 0.6) is 0 Å². The van der Waals surface area contributed by atoms with Gasteiger partial charge < -0.3 is 99.5 Å². The zero-order valence-electron chi connectivity index (χ0n) is 50.4. The van der Waals surface area contributed by atoms with E-state index in [-0.39, 0.29) is 0 Å². The molecule has 0 radical (unpaired) electrons. The molecule has 0 saturated carbocycles. The van der Waals surface area contributed by atoms with Crippen LogP contribution in [0, 0.1) is 5.41 Å². The fourth-order valence-corrected chi connectivity index (χ4v) is 9.48. The highest BCUT2D eigenvalue weighted by atomic mass is 35.6. The molecule has 1 N–H and O–H groups in total. The molecule has 4 aliphatic rings. The van der Waals surface area contributed by atoms with E-state index in [1.165, 1.54) is 0 Å². The minimum absolute atomic E-state index is 0.712. The molecule has 0 bridgehead atoms. The van der Waals surface area contributed by atoms with Gasteiger partial charge in [0.15, 0.2) is 73.8 Å².